The molecule has 1 aliphatic heterocycles. The molecule has 0 atom stereocenters. The van der Waals surface area contributed by atoms with Crippen LogP contribution >= 0.6 is 0 Å². The minimum Gasteiger partial charge on any atom is -0.356 e. The standard InChI is InChI=1S/C14H12N5/c1-3-13(18-7-2-8-18)16-14(4-1)19-10-11-9-15-6-5-12(11)17-19/h1,3-5,9-10H,2,7-8H2. The Labute approximate surface area is 110 Å². The van der Waals surface area contributed by atoms with Gasteiger partial charge in [-0.3, -0.25) is 4.98 Å². The van der Waals surface area contributed by atoms with Gasteiger partial charge in [-0.1, -0.05) is 6.07 Å². The van der Waals surface area contributed by atoms with Crippen LogP contribution in [-0.4, -0.2) is 32.8 Å². The maximum absolute atomic E-state index is 4.66. The number of rotatable bonds is 2. The van der Waals surface area contributed by atoms with E-state index in [9.17, 15) is 0 Å². The van der Waals surface area contributed by atoms with E-state index >= 15 is 0 Å². The molecular weight excluding hydrogens is 238 g/mol. The van der Waals surface area contributed by atoms with Gasteiger partial charge in [0.1, 0.15) is 5.82 Å². The quantitative estimate of drug-likeness (QED) is 0.696. The number of pyridine rings is 2. The molecule has 4 heterocycles. The monoisotopic (exact) mass is 250 g/mol. The molecule has 93 valence electrons. The molecule has 0 aliphatic carbocycles. The van der Waals surface area contributed by atoms with Crippen molar-refractivity contribution < 1.29 is 0 Å². The molecule has 0 saturated carbocycles. The van der Waals surface area contributed by atoms with Crippen molar-refractivity contribution in [2.75, 3.05) is 18.0 Å². The first-order valence-electron chi connectivity index (χ1n) is 6.34. The Balaban J connectivity index is 1.78. The van der Waals surface area contributed by atoms with Crippen LogP contribution in [-0.2, 0) is 0 Å². The van der Waals surface area contributed by atoms with Crippen LogP contribution < -0.4 is 4.90 Å². The van der Waals surface area contributed by atoms with E-state index in [1.807, 2.05) is 24.4 Å². The summed E-state index contributed by atoms with van der Waals surface area (Å²) in [4.78, 5) is 10.9. The van der Waals surface area contributed by atoms with Gasteiger partial charge >= 0.3 is 0 Å². The summed E-state index contributed by atoms with van der Waals surface area (Å²) in [5.41, 5.74) is 0.881. The van der Waals surface area contributed by atoms with Crippen molar-refractivity contribution in [3.05, 3.63) is 42.9 Å². The van der Waals surface area contributed by atoms with Crippen LogP contribution in [0.2, 0.25) is 0 Å². The van der Waals surface area contributed by atoms with E-state index in [0.29, 0.717) is 0 Å². The number of aromatic nitrogens is 4. The second kappa shape index (κ2) is 4.05. The molecule has 0 N–H and O–H groups in total. The largest absolute Gasteiger partial charge is 0.356 e. The first-order valence-corrected chi connectivity index (χ1v) is 6.34. The van der Waals surface area contributed by atoms with E-state index in [-0.39, 0.29) is 0 Å². The number of anilines is 1. The maximum Gasteiger partial charge on any atom is 0.155 e. The Morgan fingerprint density at radius 3 is 2.84 bits per heavy atom. The molecule has 5 nitrogen and oxygen atoms in total. The molecular formula is C14H12N5. The maximum atomic E-state index is 4.66. The molecule has 3 aromatic rings. The van der Waals surface area contributed by atoms with Crippen LogP contribution in [0, 0.1) is 6.20 Å². The fraction of sp³-hybridized carbons (Fsp3) is 0.214. The summed E-state index contributed by atoms with van der Waals surface area (Å²) in [6.45, 7) is 2.19. The molecule has 19 heavy (non-hydrogen) atoms. The predicted molar refractivity (Wildman–Crippen MR) is 72.3 cm³/mol. The molecule has 1 fully saturated rings. The smallest absolute Gasteiger partial charge is 0.155 e. The van der Waals surface area contributed by atoms with Gasteiger partial charge in [-0.05, 0) is 24.6 Å². The number of fused-ring (bicyclic) bond motifs is 1. The Morgan fingerprint density at radius 1 is 1.16 bits per heavy atom. The summed E-state index contributed by atoms with van der Waals surface area (Å²) in [7, 11) is 0. The van der Waals surface area contributed by atoms with Gasteiger partial charge in [0.15, 0.2) is 5.82 Å². The van der Waals surface area contributed by atoms with Gasteiger partial charge in [-0.15, -0.1) is 0 Å². The molecule has 0 unspecified atom stereocenters. The van der Waals surface area contributed by atoms with Gasteiger partial charge in [0.05, 0.1) is 11.7 Å². The summed E-state index contributed by atoms with van der Waals surface area (Å²) in [6.07, 6.45) is 7.75. The Kier molecular flexibility index (Phi) is 2.24. The average molecular weight is 250 g/mol. The molecule has 1 radical (unpaired) electrons. The highest BCUT2D eigenvalue weighted by Crippen LogP contribution is 2.20. The lowest BCUT2D eigenvalue weighted by molar-refractivity contribution is 0.608. The lowest BCUT2D eigenvalue weighted by Crippen LogP contribution is -2.37. The summed E-state index contributed by atoms with van der Waals surface area (Å²) >= 11 is 0. The fourth-order valence-electron chi connectivity index (χ4n) is 2.20. The van der Waals surface area contributed by atoms with Crippen molar-refractivity contribution >= 4 is 16.7 Å². The zero-order valence-electron chi connectivity index (χ0n) is 10.3. The van der Waals surface area contributed by atoms with Gasteiger partial charge < -0.3 is 4.90 Å². The Morgan fingerprint density at radius 2 is 2.05 bits per heavy atom. The molecule has 0 bridgehead atoms. The van der Waals surface area contributed by atoms with Crippen molar-refractivity contribution in [1.29, 1.82) is 0 Å². The van der Waals surface area contributed by atoms with Gasteiger partial charge in [0.2, 0.25) is 0 Å². The molecule has 1 aliphatic rings. The van der Waals surface area contributed by atoms with Crippen molar-refractivity contribution in [3.63, 3.8) is 0 Å². The van der Waals surface area contributed by atoms with E-state index in [0.717, 1.165) is 35.6 Å². The second-order valence-electron chi connectivity index (χ2n) is 4.64. The zero-order chi connectivity index (χ0) is 12.7. The second-order valence-corrected chi connectivity index (χ2v) is 4.64. The van der Waals surface area contributed by atoms with E-state index in [4.69, 9.17) is 0 Å². The highest BCUT2D eigenvalue weighted by atomic mass is 15.3. The molecule has 4 rings (SSSR count). The average Bonchev–Trinajstić information content (AvgIpc) is 2.81. The normalized spacial score (nSPS) is 14.6. The molecule has 0 spiro atoms. The van der Waals surface area contributed by atoms with Gasteiger partial charge in [-0.25, -0.2) is 9.67 Å². The first-order chi connectivity index (χ1) is 9.40. The van der Waals surface area contributed by atoms with Crippen LogP contribution in [0.15, 0.2) is 36.7 Å². The van der Waals surface area contributed by atoms with Crippen LogP contribution in [0.5, 0.6) is 0 Å². The van der Waals surface area contributed by atoms with Crippen LogP contribution in [0.3, 0.4) is 0 Å². The number of hydrogen-bond acceptors (Lipinski definition) is 4. The van der Waals surface area contributed by atoms with Gasteiger partial charge in [0, 0.05) is 30.9 Å². The van der Waals surface area contributed by atoms with E-state index in [2.05, 4.69) is 26.2 Å². The van der Waals surface area contributed by atoms with E-state index < -0.39 is 0 Å². The fourth-order valence-corrected chi connectivity index (χ4v) is 2.20. The third-order valence-electron chi connectivity index (χ3n) is 3.39. The van der Waals surface area contributed by atoms with Crippen molar-refractivity contribution in [1.82, 2.24) is 19.7 Å². The molecule has 1 saturated heterocycles. The van der Waals surface area contributed by atoms with Crippen LogP contribution in [0.4, 0.5) is 5.82 Å². The lowest BCUT2D eigenvalue weighted by Gasteiger charge is -2.32. The molecule has 5 heteroatoms. The van der Waals surface area contributed by atoms with Gasteiger partial charge in [-0.2, -0.15) is 5.10 Å². The summed E-state index contributed by atoms with van der Waals surface area (Å²) in [5.74, 6) is 1.86. The van der Waals surface area contributed by atoms with Crippen molar-refractivity contribution in [2.45, 2.75) is 6.42 Å². The zero-order valence-corrected chi connectivity index (χ0v) is 10.3. The topological polar surface area (TPSA) is 46.8 Å². The Hall–Kier alpha value is -2.43. The number of nitrogens with zero attached hydrogens (tertiary/aromatic N) is 5. The Bertz CT molecular complexity index is 696. The summed E-state index contributed by atoms with van der Waals surface area (Å²) in [6, 6.07) is 7.81. The highest BCUT2D eigenvalue weighted by Gasteiger charge is 2.16. The highest BCUT2D eigenvalue weighted by molar-refractivity contribution is 5.76. The minimum absolute atomic E-state index is 0.834. The van der Waals surface area contributed by atoms with E-state index in [1.54, 1.807) is 16.9 Å². The first kappa shape index (κ1) is 10.5. The third kappa shape index (κ3) is 1.74. The SMILES string of the molecule is [c]1cc2nn(-c3cccc(N4CCC4)n3)cc2cn1. The van der Waals surface area contributed by atoms with Crippen molar-refractivity contribution in [2.24, 2.45) is 0 Å². The molecule has 0 amide bonds. The molecule has 0 aromatic carbocycles. The molecule has 3 aromatic heterocycles. The summed E-state index contributed by atoms with van der Waals surface area (Å²) < 4.78 is 1.80. The van der Waals surface area contributed by atoms with Crippen LogP contribution in [0.25, 0.3) is 16.7 Å². The third-order valence-corrected chi connectivity index (χ3v) is 3.39. The predicted octanol–water partition coefficient (Wildman–Crippen LogP) is 1.83. The van der Waals surface area contributed by atoms with E-state index in [1.165, 1.54) is 6.42 Å². The number of hydrogen-bond donors (Lipinski definition) is 0. The van der Waals surface area contributed by atoms with Crippen molar-refractivity contribution in [3.8, 4) is 5.82 Å². The van der Waals surface area contributed by atoms with Crippen LogP contribution in [0.1, 0.15) is 6.42 Å². The summed E-state index contributed by atoms with van der Waals surface area (Å²) in [5, 5.41) is 5.49. The lowest BCUT2D eigenvalue weighted by atomic mass is 10.2. The minimum atomic E-state index is 0.834. The van der Waals surface area contributed by atoms with Gasteiger partial charge in [0.25, 0.3) is 0 Å².